The van der Waals surface area contributed by atoms with Gasteiger partial charge in [-0.1, -0.05) is 26.2 Å². The van der Waals surface area contributed by atoms with Crippen LogP contribution in [0.1, 0.15) is 44.7 Å². The van der Waals surface area contributed by atoms with E-state index < -0.39 is 0 Å². The van der Waals surface area contributed by atoms with Gasteiger partial charge in [-0.25, -0.2) is 4.68 Å². The van der Waals surface area contributed by atoms with Crippen molar-refractivity contribution >= 4 is 11.5 Å². The van der Waals surface area contributed by atoms with E-state index >= 15 is 0 Å². The topological polar surface area (TPSA) is 99.0 Å². The lowest BCUT2D eigenvalue weighted by atomic mass is 10.0. The molecule has 0 aromatic carbocycles. The van der Waals surface area contributed by atoms with E-state index in [-0.39, 0.29) is 22.7 Å². The summed E-state index contributed by atoms with van der Waals surface area (Å²) in [6.45, 7) is 1.87. The molecular formula is C13H23N5O2. The summed E-state index contributed by atoms with van der Waals surface area (Å²) in [6.07, 6.45) is 5.88. The largest absolute Gasteiger partial charge is 0.360 e. The van der Waals surface area contributed by atoms with Crippen LogP contribution in [0.25, 0.3) is 0 Å². The molecule has 7 heteroatoms. The summed E-state index contributed by atoms with van der Waals surface area (Å²) < 4.78 is 1.56. The highest BCUT2D eigenvalue weighted by Gasteiger charge is 2.29. The van der Waals surface area contributed by atoms with E-state index in [0.29, 0.717) is 17.9 Å². The Balaban J connectivity index is 2.27. The molecule has 2 rings (SSSR count). The van der Waals surface area contributed by atoms with Crippen molar-refractivity contribution in [2.45, 2.75) is 57.5 Å². The molecule has 1 heterocycles. The number of rotatable bonds is 4. The van der Waals surface area contributed by atoms with Crippen molar-refractivity contribution in [3.63, 3.8) is 0 Å². The molecule has 2 unspecified atom stereocenters. The fraction of sp³-hybridized carbons (Fsp3) is 0.769. The Morgan fingerprint density at radius 1 is 1.45 bits per heavy atom. The fourth-order valence-corrected chi connectivity index (χ4v) is 2.85. The smallest absolute Gasteiger partial charge is 0.333 e. The second-order valence-corrected chi connectivity index (χ2v) is 5.43. The summed E-state index contributed by atoms with van der Waals surface area (Å²) in [6, 6.07) is 0.119. The van der Waals surface area contributed by atoms with Gasteiger partial charge in [-0.15, -0.1) is 0 Å². The molecule has 0 aliphatic heterocycles. The number of aromatic nitrogens is 2. The summed E-state index contributed by atoms with van der Waals surface area (Å²) in [5, 5.41) is 18.8. The second-order valence-electron chi connectivity index (χ2n) is 5.43. The van der Waals surface area contributed by atoms with Crippen LogP contribution < -0.4 is 11.1 Å². The van der Waals surface area contributed by atoms with E-state index in [9.17, 15) is 10.1 Å². The highest BCUT2D eigenvalue weighted by molar-refractivity contribution is 5.60. The maximum atomic E-state index is 11.3. The first-order chi connectivity index (χ1) is 9.54. The lowest BCUT2D eigenvalue weighted by Gasteiger charge is -2.23. The third-order valence-corrected chi connectivity index (χ3v) is 4.00. The molecule has 0 saturated heterocycles. The molecule has 3 N–H and O–H groups in total. The van der Waals surface area contributed by atoms with Crippen LogP contribution in [-0.2, 0) is 13.5 Å². The molecule has 112 valence electrons. The van der Waals surface area contributed by atoms with Crippen LogP contribution in [0.4, 0.5) is 11.5 Å². The van der Waals surface area contributed by atoms with Gasteiger partial charge in [0, 0.05) is 19.1 Å². The van der Waals surface area contributed by atoms with Gasteiger partial charge < -0.3 is 11.1 Å². The number of hydrogen-bond acceptors (Lipinski definition) is 5. The van der Waals surface area contributed by atoms with Gasteiger partial charge in [-0.2, -0.15) is 5.10 Å². The van der Waals surface area contributed by atoms with Gasteiger partial charge >= 0.3 is 5.69 Å². The Hall–Kier alpha value is -1.63. The normalized spacial score (nSPS) is 23.4. The lowest BCUT2D eigenvalue weighted by Crippen LogP contribution is -2.39. The van der Waals surface area contributed by atoms with Gasteiger partial charge in [0.1, 0.15) is 5.69 Å². The molecule has 1 aromatic rings. The van der Waals surface area contributed by atoms with Crippen LogP contribution in [0.2, 0.25) is 0 Å². The summed E-state index contributed by atoms with van der Waals surface area (Å²) >= 11 is 0. The van der Waals surface area contributed by atoms with E-state index in [1.165, 1.54) is 6.42 Å². The molecule has 1 fully saturated rings. The van der Waals surface area contributed by atoms with Gasteiger partial charge in [-0.3, -0.25) is 10.1 Å². The molecule has 7 nitrogen and oxygen atoms in total. The highest BCUT2D eigenvalue weighted by atomic mass is 16.6. The summed E-state index contributed by atoms with van der Waals surface area (Å²) in [5.74, 6) is 0.481. The Labute approximate surface area is 118 Å². The first-order valence-corrected chi connectivity index (χ1v) is 7.27. The predicted molar refractivity (Wildman–Crippen MR) is 77.7 cm³/mol. The third kappa shape index (κ3) is 2.92. The van der Waals surface area contributed by atoms with E-state index in [0.717, 1.165) is 25.7 Å². The van der Waals surface area contributed by atoms with Crippen molar-refractivity contribution < 1.29 is 4.92 Å². The molecule has 1 aliphatic rings. The number of nitrogens with zero attached hydrogens (tertiary/aromatic N) is 3. The standard InChI is InChI=1S/C13H23N5O2/c1-3-10-12(18(19)20)13(17(2)16-10)15-11-8-6-4-5-7-9(11)14/h9,11,15H,3-8,14H2,1-2H3. The molecule has 0 radical (unpaired) electrons. The number of nitrogens with two attached hydrogens (primary N) is 1. The van der Waals surface area contributed by atoms with E-state index in [2.05, 4.69) is 10.4 Å². The average molecular weight is 281 g/mol. The number of nitrogens with one attached hydrogen (secondary N) is 1. The summed E-state index contributed by atoms with van der Waals surface area (Å²) in [7, 11) is 1.73. The van der Waals surface area contributed by atoms with E-state index in [4.69, 9.17) is 5.73 Å². The number of aryl methyl sites for hydroxylation is 2. The first-order valence-electron chi connectivity index (χ1n) is 7.27. The monoisotopic (exact) mass is 281 g/mol. The Bertz CT molecular complexity index is 485. The van der Waals surface area contributed by atoms with Gasteiger partial charge in [0.05, 0.1) is 4.92 Å². The van der Waals surface area contributed by atoms with Crippen LogP contribution in [-0.4, -0.2) is 26.8 Å². The zero-order chi connectivity index (χ0) is 14.7. The summed E-state index contributed by atoms with van der Waals surface area (Å²) in [4.78, 5) is 10.9. The molecular weight excluding hydrogens is 258 g/mol. The molecule has 0 bridgehead atoms. The number of hydrogen-bond donors (Lipinski definition) is 2. The molecule has 0 amide bonds. The van der Waals surface area contributed by atoms with E-state index in [1.54, 1.807) is 11.7 Å². The third-order valence-electron chi connectivity index (χ3n) is 4.00. The molecule has 1 aromatic heterocycles. The molecule has 0 spiro atoms. The molecule has 1 saturated carbocycles. The summed E-state index contributed by atoms with van der Waals surface area (Å²) in [5.41, 5.74) is 6.79. The van der Waals surface area contributed by atoms with Crippen molar-refractivity contribution in [2.24, 2.45) is 12.8 Å². The average Bonchev–Trinajstić information content (AvgIpc) is 2.58. The van der Waals surface area contributed by atoms with Gasteiger partial charge in [0.2, 0.25) is 5.82 Å². The minimum Gasteiger partial charge on any atom is -0.360 e. The zero-order valence-electron chi connectivity index (χ0n) is 12.1. The molecule has 2 atom stereocenters. The highest BCUT2D eigenvalue weighted by Crippen LogP contribution is 2.30. The first kappa shape index (κ1) is 14.8. The minimum atomic E-state index is -0.351. The number of nitro groups is 1. The van der Waals surface area contributed by atoms with E-state index in [1.807, 2.05) is 6.92 Å². The molecule has 1 aliphatic carbocycles. The Kier molecular flexibility index (Phi) is 4.59. The van der Waals surface area contributed by atoms with Crippen LogP contribution in [0.5, 0.6) is 0 Å². The van der Waals surface area contributed by atoms with Crippen LogP contribution in [0.3, 0.4) is 0 Å². The fourth-order valence-electron chi connectivity index (χ4n) is 2.85. The van der Waals surface area contributed by atoms with Gasteiger partial charge in [0.25, 0.3) is 0 Å². The van der Waals surface area contributed by atoms with Gasteiger partial charge in [0.15, 0.2) is 0 Å². The SMILES string of the molecule is CCc1nn(C)c(NC2CCCCCC2N)c1[N+](=O)[O-]. The van der Waals surface area contributed by atoms with Crippen molar-refractivity contribution in [1.29, 1.82) is 0 Å². The van der Waals surface area contributed by atoms with Crippen molar-refractivity contribution in [1.82, 2.24) is 9.78 Å². The zero-order valence-corrected chi connectivity index (χ0v) is 12.1. The van der Waals surface area contributed by atoms with Crippen molar-refractivity contribution in [2.75, 3.05) is 5.32 Å². The van der Waals surface area contributed by atoms with Crippen molar-refractivity contribution in [3.8, 4) is 0 Å². The maximum absolute atomic E-state index is 11.3. The van der Waals surface area contributed by atoms with Gasteiger partial charge in [-0.05, 0) is 19.3 Å². The Morgan fingerprint density at radius 2 is 2.15 bits per heavy atom. The number of anilines is 1. The maximum Gasteiger partial charge on any atom is 0.333 e. The predicted octanol–water partition coefficient (Wildman–Crippen LogP) is 1.96. The second kappa shape index (κ2) is 6.21. The van der Waals surface area contributed by atoms with Crippen molar-refractivity contribution in [3.05, 3.63) is 15.8 Å². The van der Waals surface area contributed by atoms with Crippen LogP contribution >= 0.6 is 0 Å². The van der Waals surface area contributed by atoms with Crippen LogP contribution in [0.15, 0.2) is 0 Å². The molecule has 20 heavy (non-hydrogen) atoms. The quantitative estimate of drug-likeness (QED) is 0.499. The lowest BCUT2D eigenvalue weighted by molar-refractivity contribution is -0.384. The minimum absolute atomic E-state index is 0.0390. The van der Waals surface area contributed by atoms with Crippen LogP contribution in [0, 0.1) is 10.1 Å². The Morgan fingerprint density at radius 3 is 2.80 bits per heavy atom.